The van der Waals surface area contributed by atoms with E-state index in [9.17, 15) is 28.2 Å². The van der Waals surface area contributed by atoms with Crippen LogP contribution in [-0.4, -0.2) is 67.8 Å². The van der Waals surface area contributed by atoms with Crippen LogP contribution in [0, 0.1) is 31.3 Å². The summed E-state index contributed by atoms with van der Waals surface area (Å²) in [4.78, 5) is 20.0. The normalized spacial score (nSPS) is 18.8. The number of halogens is 3. The van der Waals surface area contributed by atoms with E-state index in [1.54, 1.807) is 25.0 Å². The van der Waals surface area contributed by atoms with Crippen LogP contribution in [0.15, 0.2) is 35.6 Å². The number of aryl methyl sites for hydroxylation is 1. The third-order valence-electron chi connectivity index (χ3n) is 6.59. The first-order chi connectivity index (χ1) is 17.6. The number of hydrogen-bond acceptors (Lipinski definition) is 7. The second-order valence-corrected chi connectivity index (χ2v) is 9.10. The van der Waals surface area contributed by atoms with Gasteiger partial charge in [0.25, 0.3) is 0 Å². The molecule has 0 saturated carbocycles. The third kappa shape index (κ3) is 4.65. The van der Waals surface area contributed by atoms with Crippen LogP contribution in [0.3, 0.4) is 0 Å². The highest BCUT2D eigenvalue weighted by Gasteiger charge is 2.40. The summed E-state index contributed by atoms with van der Waals surface area (Å²) >= 11 is 0. The number of carbonyl (C=O) groups is 1. The number of aliphatic hydroxyl groups is 1. The first kappa shape index (κ1) is 24.8. The van der Waals surface area contributed by atoms with Crippen molar-refractivity contribution in [2.24, 2.45) is 5.10 Å². The average Bonchev–Trinajstić information content (AvgIpc) is 3.41. The van der Waals surface area contributed by atoms with Crippen LogP contribution in [0.5, 0.6) is 5.75 Å². The van der Waals surface area contributed by atoms with Crippen LogP contribution in [-0.2, 0) is 0 Å². The number of hydrazone groups is 1. The highest BCUT2D eigenvalue weighted by Crippen LogP contribution is 2.34. The van der Waals surface area contributed by atoms with Crippen molar-refractivity contribution in [1.82, 2.24) is 19.9 Å². The summed E-state index contributed by atoms with van der Waals surface area (Å²) in [7, 11) is 0. The molecule has 2 aliphatic rings. The largest absolute Gasteiger partial charge is 0.485 e. The Morgan fingerprint density at radius 2 is 1.86 bits per heavy atom. The Hall–Kier alpha value is -3.90. The molecule has 1 fully saturated rings. The maximum Gasteiger partial charge on any atom is 0.352 e. The number of pyridine rings is 1. The summed E-state index contributed by atoms with van der Waals surface area (Å²) < 4.78 is 47.7. The van der Waals surface area contributed by atoms with Crippen molar-refractivity contribution < 1.29 is 32.9 Å². The maximum absolute atomic E-state index is 14.5. The summed E-state index contributed by atoms with van der Waals surface area (Å²) in [5.41, 5.74) is 2.37. The lowest BCUT2D eigenvalue weighted by Crippen LogP contribution is -2.61. The van der Waals surface area contributed by atoms with Gasteiger partial charge in [-0.25, -0.2) is 23.0 Å². The van der Waals surface area contributed by atoms with Crippen molar-refractivity contribution in [2.45, 2.75) is 38.8 Å². The predicted octanol–water partition coefficient (Wildman–Crippen LogP) is 3.58. The van der Waals surface area contributed by atoms with Gasteiger partial charge in [0, 0.05) is 49.1 Å². The lowest BCUT2D eigenvalue weighted by atomic mass is 10.0. The molecule has 2 aromatic heterocycles. The summed E-state index contributed by atoms with van der Waals surface area (Å²) in [5, 5.41) is 25.7. The molecule has 0 bridgehead atoms. The van der Waals surface area contributed by atoms with Gasteiger partial charge in [0.15, 0.2) is 11.6 Å². The number of hydrogen-bond donors (Lipinski definition) is 3. The van der Waals surface area contributed by atoms with Gasteiger partial charge in [0.2, 0.25) is 6.35 Å². The minimum Gasteiger partial charge on any atom is -0.485 e. The summed E-state index contributed by atoms with van der Waals surface area (Å²) in [6.07, 6.45) is 1.34. The summed E-state index contributed by atoms with van der Waals surface area (Å²) in [6.45, 7) is 3.85. The summed E-state index contributed by atoms with van der Waals surface area (Å²) in [5.74, 6) is -3.25. The Morgan fingerprint density at radius 1 is 1.16 bits per heavy atom. The van der Waals surface area contributed by atoms with Gasteiger partial charge in [-0.2, -0.15) is 5.10 Å². The Bertz CT molecular complexity index is 1370. The average molecular weight is 515 g/mol. The summed E-state index contributed by atoms with van der Waals surface area (Å²) in [6, 6.07) is 4.08. The van der Waals surface area contributed by atoms with E-state index in [1.807, 2.05) is 0 Å². The Kier molecular flexibility index (Phi) is 6.38. The van der Waals surface area contributed by atoms with Gasteiger partial charge < -0.3 is 19.9 Å². The number of aromatic nitrogens is 2. The number of aromatic carboxylic acids is 1. The van der Waals surface area contributed by atoms with E-state index >= 15 is 0 Å². The fourth-order valence-corrected chi connectivity index (χ4v) is 4.78. The molecule has 0 radical (unpaired) electrons. The molecule has 3 aromatic rings. The highest BCUT2D eigenvalue weighted by atomic mass is 19.1. The third-order valence-corrected chi connectivity index (χ3v) is 6.59. The predicted molar refractivity (Wildman–Crippen MR) is 126 cm³/mol. The Morgan fingerprint density at radius 3 is 2.51 bits per heavy atom. The van der Waals surface area contributed by atoms with E-state index in [0.29, 0.717) is 34.5 Å². The van der Waals surface area contributed by atoms with E-state index in [1.165, 1.54) is 23.2 Å². The van der Waals surface area contributed by atoms with Crippen molar-refractivity contribution in [3.05, 3.63) is 70.4 Å². The number of benzene rings is 1. The van der Waals surface area contributed by atoms with Gasteiger partial charge >= 0.3 is 5.97 Å². The molecular weight excluding hydrogens is 491 g/mol. The molecule has 1 aromatic carbocycles. The number of carboxylic acid groups (broad SMARTS) is 1. The topological polar surface area (TPSA) is 114 Å². The van der Waals surface area contributed by atoms with Crippen molar-refractivity contribution in [2.75, 3.05) is 13.1 Å². The molecule has 194 valence electrons. The number of carboxylic acids is 1. The number of ether oxygens (including phenoxy) is 1. The van der Waals surface area contributed by atoms with Gasteiger partial charge in [-0.3, -0.25) is 9.88 Å². The molecular formula is C25H24F3N5O4. The van der Waals surface area contributed by atoms with Crippen molar-refractivity contribution >= 4 is 12.2 Å². The number of likely N-dealkylation sites (tertiary alicyclic amines) is 1. The first-order valence-electron chi connectivity index (χ1n) is 11.6. The Balaban J connectivity index is 1.26. The number of H-pyrrole nitrogens is 1. The van der Waals surface area contributed by atoms with E-state index in [4.69, 9.17) is 4.74 Å². The van der Waals surface area contributed by atoms with Crippen LogP contribution in [0.4, 0.5) is 13.2 Å². The quantitative estimate of drug-likeness (QED) is 0.441. The monoisotopic (exact) mass is 515 g/mol. The fourth-order valence-electron chi connectivity index (χ4n) is 4.78. The molecule has 2 aliphatic heterocycles. The molecule has 0 amide bonds. The van der Waals surface area contributed by atoms with Gasteiger partial charge in [0.05, 0.1) is 17.9 Å². The fraction of sp³-hybridized carbons (Fsp3) is 0.320. The molecule has 12 heteroatoms. The van der Waals surface area contributed by atoms with Crippen molar-refractivity contribution in [1.29, 1.82) is 0 Å². The highest BCUT2D eigenvalue weighted by molar-refractivity contribution is 5.91. The lowest BCUT2D eigenvalue weighted by Gasteiger charge is -2.45. The lowest BCUT2D eigenvalue weighted by molar-refractivity contribution is -0.173. The van der Waals surface area contributed by atoms with E-state index in [-0.39, 0.29) is 24.5 Å². The zero-order chi connectivity index (χ0) is 26.4. The van der Waals surface area contributed by atoms with Gasteiger partial charge in [-0.05, 0) is 37.1 Å². The Labute approximate surface area is 209 Å². The zero-order valence-corrected chi connectivity index (χ0v) is 20.0. The molecule has 9 nitrogen and oxygen atoms in total. The molecule has 0 aliphatic carbocycles. The molecule has 1 saturated heterocycles. The molecule has 5 rings (SSSR count). The standard InChI is InChI=1S/C25H24F3N5O4/c1-12-22(13(2)31-23(12)24(34)35)19-8-21(18(28)9-29-19)37-17-10-32(11-17)25(36)33-20(3-4-30-33)14-5-15(26)7-16(27)6-14/h4-9,17,20,25,31,36H,3,10-11H2,1-2H3,(H,34,35)/t20-,25?/m0/s1. The van der Waals surface area contributed by atoms with Crippen molar-refractivity contribution in [3.63, 3.8) is 0 Å². The molecule has 2 atom stereocenters. The second-order valence-electron chi connectivity index (χ2n) is 9.10. The SMILES string of the molecule is Cc1[nH]c(C(=O)O)c(C)c1-c1cc(OC2CN(C(O)N3N=CC[C@H]3c3cc(F)cc(F)c3)C2)c(F)cn1. The molecule has 37 heavy (non-hydrogen) atoms. The first-order valence-corrected chi connectivity index (χ1v) is 11.6. The zero-order valence-electron chi connectivity index (χ0n) is 20.0. The number of aromatic amines is 1. The van der Waals surface area contributed by atoms with E-state index in [2.05, 4.69) is 15.1 Å². The van der Waals surface area contributed by atoms with Crippen LogP contribution in [0.2, 0.25) is 0 Å². The van der Waals surface area contributed by atoms with E-state index in [0.717, 1.165) is 12.3 Å². The molecule has 4 heterocycles. The van der Waals surface area contributed by atoms with E-state index < -0.39 is 41.9 Å². The minimum absolute atomic E-state index is 0.0357. The van der Waals surface area contributed by atoms with Crippen LogP contribution >= 0.6 is 0 Å². The minimum atomic E-state index is -1.17. The second kappa shape index (κ2) is 9.52. The van der Waals surface area contributed by atoms with Crippen LogP contribution < -0.4 is 4.74 Å². The number of nitrogens with zero attached hydrogens (tertiary/aromatic N) is 4. The molecule has 1 unspecified atom stereocenters. The number of aliphatic hydroxyl groups excluding tert-OH is 1. The van der Waals surface area contributed by atoms with Gasteiger partial charge in [-0.15, -0.1) is 0 Å². The van der Waals surface area contributed by atoms with Gasteiger partial charge in [-0.1, -0.05) is 0 Å². The number of rotatable bonds is 7. The maximum atomic E-state index is 14.5. The van der Waals surface area contributed by atoms with Crippen molar-refractivity contribution in [3.8, 4) is 17.0 Å². The van der Waals surface area contributed by atoms with Crippen LogP contribution in [0.25, 0.3) is 11.3 Å². The molecule has 0 spiro atoms. The number of nitrogens with one attached hydrogen (secondary N) is 1. The van der Waals surface area contributed by atoms with Gasteiger partial charge in [0.1, 0.15) is 23.4 Å². The smallest absolute Gasteiger partial charge is 0.352 e. The molecule has 3 N–H and O–H groups in total. The van der Waals surface area contributed by atoms with Crippen LogP contribution in [0.1, 0.15) is 39.8 Å².